The van der Waals surface area contributed by atoms with Crippen LogP contribution in [0.3, 0.4) is 0 Å². The molecule has 0 radical (unpaired) electrons. The molecule has 6 heteroatoms. The second kappa shape index (κ2) is 6.96. The summed E-state index contributed by atoms with van der Waals surface area (Å²) < 4.78 is 19.4. The number of carbonyl (C=O) groups excluding carboxylic acids is 1. The average molecular weight is 346 g/mol. The van der Waals surface area contributed by atoms with Crippen molar-refractivity contribution in [3.05, 3.63) is 42.2 Å². The molecule has 0 aliphatic carbocycles. The second-order valence-corrected chi connectivity index (χ2v) is 7.00. The first kappa shape index (κ1) is 17.6. The highest BCUT2D eigenvalue weighted by Crippen LogP contribution is 2.28. The van der Waals surface area contributed by atoms with E-state index in [1.807, 2.05) is 0 Å². The van der Waals surface area contributed by atoms with Gasteiger partial charge in [-0.05, 0) is 38.8 Å². The number of benzene rings is 1. The van der Waals surface area contributed by atoms with Crippen molar-refractivity contribution in [1.29, 1.82) is 0 Å². The van der Waals surface area contributed by atoms with Crippen molar-refractivity contribution in [2.75, 3.05) is 6.54 Å². The molecule has 1 aromatic heterocycles. The first-order chi connectivity index (χ1) is 11.9. The first-order valence-corrected chi connectivity index (χ1v) is 8.57. The summed E-state index contributed by atoms with van der Waals surface area (Å²) in [6.45, 7) is 4.13. The van der Waals surface area contributed by atoms with E-state index < -0.39 is 5.60 Å². The Hall–Kier alpha value is -2.21. The molecule has 134 valence electrons. The summed E-state index contributed by atoms with van der Waals surface area (Å²) in [5.74, 6) is 0.378. The minimum atomic E-state index is -0.910. The van der Waals surface area contributed by atoms with Crippen LogP contribution in [0.1, 0.15) is 39.0 Å². The zero-order chi connectivity index (χ0) is 18.0. The summed E-state index contributed by atoms with van der Waals surface area (Å²) in [4.78, 5) is 18.4. The van der Waals surface area contributed by atoms with E-state index >= 15 is 0 Å². The third-order valence-corrected chi connectivity index (χ3v) is 4.63. The van der Waals surface area contributed by atoms with E-state index in [1.165, 1.54) is 12.3 Å². The molecular formula is C19H23FN2O3. The molecule has 1 atom stereocenters. The molecule has 2 heterocycles. The van der Waals surface area contributed by atoms with Crippen molar-refractivity contribution >= 4 is 5.91 Å². The molecule has 1 fully saturated rings. The lowest BCUT2D eigenvalue weighted by atomic mass is 9.96. The van der Waals surface area contributed by atoms with Crippen LogP contribution in [-0.2, 0) is 11.2 Å². The molecule has 1 saturated heterocycles. The normalized spacial score (nSPS) is 17.9. The van der Waals surface area contributed by atoms with E-state index in [2.05, 4.69) is 4.98 Å². The molecule has 1 aliphatic rings. The Labute approximate surface area is 146 Å². The highest BCUT2D eigenvalue weighted by Gasteiger charge is 2.38. The van der Waals surface area contributed by atoms with Crippen LogP contribution in [0.2, 0.25) is 0 Å². The summed E-state index contributed by atoms with van der Waals surface area (Å²) in [6, 6.07) is 6.19. The van der Waals surface area contributed by atoms with Gasteiger partial charge >= 0.3 is 0 Å². The molecule has 2 aromatic rings. The van der Waals surface area contributed by atoms with Crippen LogP contribution in [-0.4, -0.2) is 39.1 Å². The van der Waals surface area contributed by atoms with Crippen LogP contribution < -0.4 is 0 Å². The van der Waals surface area contributed by atoms with Crippen LogP contribution in [0, 0.1) is 5.82 Å². The first-order valence-electron chi connectivity index (χ1n) is 8.57. The Balaban J connectivity index is 1.63. The molecule has 5 nitrogen and oxygen atoms in total. The number of aromatic nitrogens is 1. The summed E-state index contributed by atoms with van der Waals surface area (Å²) >= 11 is 0. The van der Waals surface area contributed by atoms with Crippen LogP contribution in [0.5, 0.6) is 0 Å². The molecule has 0 spiro atoms. The van der Waals surface area contributed by atoms with Gasteiger partial charge in [-0.3, -0.25) is 4.79 Å². The molecule has 1 N–H and O–H groups in total. The number of aryl methyl sites for hydroxylation is 1. The molecule has 1 aliphatic heterocycles. The lowest BCUT2D eigenvalue weighted by Gasteiger charge is -2.33. The van der Waals surface area contributed by atoms with Gasteiger partial charge < -0.3 is 14.4 Å². The molecule has 0 bridgehead atoms. The number of oxazole rings is 1. The van der Waals surface area contributed by atoms with Crippen LogP contribution >= 0.6 is 0 Å². The van der Waals surface area contributed by atoms with E-state index in [0.29, 0.717) is 30.2 Å². The number of hydrogen-bond donors (Lipinski definition) is 1. The van der Waals surface area contributed by atoms with Crippen molar-refractivity contribution in [3.8, 4) is 11.3 Å². The predicted molar refractivity (Wildman–Crippen MR) is 91.3 cm³/mol. The van der Waals surface area contributed by atoms with E-state index in [9.17, 15) is 14.3 Å². The molecule has 3 rings (SSSR count). The van der Waals surface area contributed by atoms with Crippen LogP contribution in [0.15, 0.2) is 34.9 Å². The zero-order valence-electron chi connectivity index (χ0n) is 14.5. The smallest absolute Gasteiger partial charge is 0.223 e. The van der Waals surface area contributed by atoms with Crippen LogP contribution in [0.4, 0.5) is 4.39 Å². The Bertz CT molecular complexity index is 751. The number of halogens is 1. The third-order valence-electron chi connectivity index (χ3n) is 4.63. The summed E-state index contributed by atoms with van der Waals surface area (Å²) in [6.07, 6.45) is 3.79. The minimum Gasteiger partial charge on any atom is -0.441 e. The van der Waals surface area contributed by atoms with Crippen molar-refractivity contribution in [2.45, 2.75) is 51.2 Å². The van der Waals surface area contributed by atoms with Gasteiger partial charge in [0.15, 0.2) is 11.7 Å². The Morgan fingerprint density at radius 2 is 2.20 bits per heavy atom. The van der Waals surface area contributed by atoms with Crippen molar-refractivity contribution in [2.24, 2.45) is 0 Å². The lowest BCUT2D eigenvalue weighted by Crippen LogP contribution is -2.48. The average Bonchev–Trinajstić information content (AvgIpc) is 3.22. The van der Waals surface area contributed by atoms with Gasteiger partial charge in [-0.2, -0.15) is 0 Å². The van der Waals surface area contributed by atoms with Gasteiger partial charge in [-0.15, -0.1) is 0 Å². The maximum absolute atomic E-state index is 13.8. The predicted octanol–water partition coefficient (Wildman–Crippen LogP) is 3.18. The fraction of sp³-hybridized carbons (Fsp3) is 0.474. The largest absolute Gasteiger partial charge is 0.441 e. The number of carbonyl (C=O) groups is 1. The van der Waals surface area contributed by atoms with Crippen molar-refractivity contribution < 1.29 is 18.7 Å². The number of aliphatic hydroxyl groups is 1. The zero-order valence-corrected chi connectivity index (χ0v) is 14.5. The number of amides is 1. The third kappa shape index (κ3) is 3.90. The SMILES string of the molecule is CC(C)(O)C1CCCN1C(=O)CCc1ncc(-c2ccccc2F)o1. The van der Waals surface area contributed by atoms with Gasteiger partial charge in [0.1, 0.15) is 5.82 Å². The van der Waals surface area contributed by atoms with E-state index in [4.69, 9.17) is 4.42 Å². The van der Waals surface area contributed by atoms with Crippen molar-refractivity contribution in [1.82, 2.24) is 9.88 Å². The summed E-state index contributed by atoms with van der Waals surface area (Å²) in [5.41, 5.74) is -0.554. The number of nitrogens with zero attached hydrogens (tertiary/aromatic N) is 2. The van der Waals surface area contributed by atoms with Gasteiger partial charge in [-0.1, -0.05) is 12.1 Å². The minimum absolute atomic E-state index is 0.0183. The van der Waals surface area contributed by atoms with Gasteiger partial charge in [0.25, 0.3) is 0 Å². The summed E-state index contributed by atoms with van der Waals surface area (Å²) in [7, 11) is 0. The Morgan fingerprint density at radius 1 is 1.44 bits per heavy atom. The fourth-order valence-corrected chi connectivity index (χ4v) is 3.37. The maximum Gasteiger partial charge on any atom is 0.223 e. The highest BCUT2D eigenvalue weighted by atomic mass is 19.1. The molecule has 1 amide bonds. The monoisotopic (exact) mass is 346 g/mol. The molecule has 0 saturated carbocycles. The van der Waals surface area contributed by atoms with Gasteiger partial charge in [0.05, 0.1) is 23.4 Å². The topological polar surface area (TPSA) is 66.6 Å². The van der Waals surface area contributed by atoms with E-state index in [-0.39, 0.29) is 24.2 Å². The summed E-state index contributed by atoms with van der Waals surface area (Å²) in [5, 5.41) is 10.2. The number of hydrogen-bond acceptors (Lipinski definition) is 4. The van der Waals surface area contributed by atoms with Gasteiger partial charge in [-0.25, -0.2) is 9.37 Å². The van der Waals surface area contributed by atoms with Crippen LogP contribution in [0.25, 0.3) is 11.3 Å². The second-order valence-electron chi connectivity index (χ2n) is 7.00. The molecule has 1 aromatic carbocycles. The molecule has 1 unspecified atom stereocenters. The maximum atomic E-state index is 13.8. The van der Waals surface area contributed by atoms with Gasteiger partial charge in [0, 0.05) is 19.4 Å². The molecule has 25 heavy (non-hydrogen) atoms. The van der Waals surface area contributed by atoms with Gasteiger partial charge in [0.2, 0.25) is 5.91 Å². The Kier molecular flexibility index (Phi) is 4.90. The number of rotatable bonds is 5. The van der Waals surface area contributed by atoms with E-state index in [1.54, 1.807) is 36.9 Å². The van der Waals surface area contributed by atoms with Crippen molar-refractivity contribution in [3.63, 3.8) is 0 Å². The van der Waals surface area contributed by atoms with E-state index in [0.717, 1.165) is 12.8 Å². The highest BCUT2D eigenvalue weighted by molar-refractivity contribution is 5.77. The molecular weight excluding hydrogens is 323 g/mol. The fourth-order valence-electron chi connectivity index (χ4n) is 3.37. The Morgan fingerprint density at radius 3 is 2.92 bits per heavy atom. The lowest BCUT2D eigenvalue weighted by molar-refractivity contribution is -0.136. The quantitative estimate of drug-likeness (QED) is 0.903. The number of likely N-dealkylation sites (tertiary alicyclic amines) is 1. The standard InChI is InChI=1S/C19H23FN2O3/c1-19(2,24)16-8-5-11-22(16)18(23)10-9-17-21-12-15(25-17)13-6-3-4-7-14(13)20/h3-4,6-7,12,16,24H,5,8-11H2,1-2H3.